The minimum Gasteiger partial charge on any atom is -0.320 e. The molecule has 0 bridgehead atoms. The molecule has 1 rings (SSSR count). The first-order valence-electron chi connectivity index (χ1n) is 5.18. The maximum absolute atomic E-state index is 3.51. The molecule has 1 atom stereocenters. The van der Waals surface area contributed by atoms with Gasteiger partial charge in [0.15, 0.2) is 0 Å². The van der Waals surface area contributed by atoms with Gasteiger partial charge in [0, 0.05) is 6.54 Å². The Morgan fingerprint density at radius 2 is 2.33 bits per heavy atom. The van der Waals surface area contributed by atoms with Crippen LogP contribution in [0.3, 0.4) is 0 Å². The van der Waals surface area contributed by atoms with E-state index in [1.807, 2.05) is 7.05 Å². The van der Waals surface area contributed by atoms with Gasteiger partial charge in [0.1, 0.15) is 0 Å². The van der Waals surface area contributed by atoms with E-state index >= 15 is 0 Å². The number of rotatable bonds is 4. The maximum atomic E-state index is 3.51. The second kappa shape index (κ2) is 4.83. The summed E-state index contributed by atoms with van der Waals surface area (Å²) in [5, 5.41) is 6.75. The average Bonchev–Trinajstić information content (AvgIpc) is 2.16. The Kier molecular flexibility index (Phi) is 4.02. The van der Waals surface area contributed by atoms with Gasteiger partial charge in [0.25, 0.3) is 0 Å². The molecule has 0 aromatic rings. The zero-order valence-electron chi connectivity index (χ0n) is 8.45. The van der Waals surface area contributed by atoms with Crippen molar-refractivity contribution in [2.45, 2.75) is 32.6 Å². The Labute approximate surface area is 76.1 Å². The molecule has 2 nitrogen and oxygen atoms in total. The summed E-state index contributed by atoms with van der Waals surface area (Å²) in [5.41, 5.74) is 0.598. The lowest BCUT2D eigenvalue weighted by molar-refractivity contribution is 0.183. The van der Waals surface area contributed by atoms with Gasteiger partial charge in [-0.05, 0) is 51.2 Å². The highest BCUT2D eigenvalue weighted by molar-refractivity contribution is 4.84. The number of piperidine rings is 1. The second-order valence-electron chi connectivity index (χ2n) is 3.99. The fourth-order valence-electron chi connectivity index (χ4n) is 2.11. The van der Waals surface area contributed by atoms with Gasteiger partial charge >= 0.3 is 0 Å². The van der Waals surface area contributed by atoms with Crippen molar-refractivity contribution in [1.82, 2.24) is 10.6 Å². The Hall–Kier alpha value is -0.0800. The molecular formula is C10H22N2. The van der Waals surface area contributed by atoms with E-state index in [0.717, 1.165) is 6.54 Å². The van der Waals surface area contributed by atoms with Crippen molar-refractivity contribution in [3.63, 3.8) is 0 Å². The van der Waals surface area contributed by atoms with Crippen LogP contribution in [0.15, 0.2) is 0 Å². The molecule has 1 aliphatic heterocycles. The van der Waals surface area contributed by atoms with Gasteiger partial charge in [0.05, 0.1) is 0 Å². The molecule has 0 amide bonds. The van der Waals surface area contributed by atoms with E-state index in [1.165, 1.54) is 38.8 Å². The molecule has 0 radical (unpaired) electrons. The van der Waals surface area contributed by atoms with Gasteiger partial charge in [-0.25, -0.2) is 0 Å². The smallest absolute Gasteiger partial charge is 0.000819 e. The van der Waals surface area contributed by atoms with Crippen LogP contribution in [0.1, 0.15) is 32.6 Å². The van der Waals surface area contributed by atoms with Crippen LogP contribution in [0, 0.1) is 5.41 Å². The lowest BCUT2D eigenvalue weighted by atomic mass is 9.76. The van der Waals surface area contributed by atoms with Crippen LogP contribution >= 0.6 is 0 Å². The summed E-state index contributed by atoms with van der Waals surface area (Å²) in [4.78, 5) is 0. The van der Waals surface area contributed by atoms with Crippen molar-refractivity contribution >= 4 is 0 Å². The first kappa shape index (κ1) is 10.0. The summed E-state index contributed by atoms with van der Waals surface area (Å²) in [7, 11) is 2.04. The maximum Gasteiger partial charge on any atom is 0.000819 e. The third kappa shape index (κ3) is 2.46. The molecule has 1 fully saturated rings. The topological polar surface area (TPSA) is 24.1 Å². The van der Waals surface area contributed by atoms with Gasteiger partial charge in [-0.3, -0.25) is 0 Å². The summed E-state index contributed by atoms with van der Waals surface area (Å²) in [6.07, 6.45) is 5.42. The van der Waals surface area contributed by atoms with Crippen LogP contribution in [-0.4, -0.2) is 26.7 Å². The molecule has 0 saturated carbocycles. The van der Waals surface area contributed by atoms with Gasteiger partial charge in [0.2, 0.25) is 0 Å². The molecule has 1 heterocycles. The van der Waals surface area contributed by atoms with Crippen molar-refractivity contribution in [2.75, 3.05) is 26.7 Å². The zero-order valence-corrected chi connectivity index (χ0v) is 8.45. The van der Waals surface area contributed by atoms with E-state index in [0.29, 0.717) is 5.41 Å². The fourth-order valence-corrected chi connectivity index (χ4v) is 2.11. The standard InChI is InChI=1S/C10H22N2/c1-3-10(6-8-11-2)5-4-7-12-9-10/h11-12H,3-9H2,1-2H3. The minimum atomic E-state index is 0.598. The lowest BCUT2D eigenvalue weighted by Gasteiger charge is -2.37. The highest BCUT2D eigenvalue weighted by atomic mass is 14.9. The van der Waals surface area contributed by atoms with E-state index < -0.39 is 0 Å². The average molecular weight is 170 g/mol. The minimum absolute atomic E-state index is 0.598. The highest BCUT2D eigenvalue weighted by Crippen LogP contribution is 2.32. The van der Waals surface area contributed by atoms with Crippen LogP contribution < -0.4 is 10.6 Å². The monoisotopic (exact) mass is 170 g/mol. The fraction of sp³-hybridized carbons (Fsp3) is 1.00. The number of nitrogens with one attached hydrogen (secondary N) is 2. The SMILES string of the molecule is CCC1(CCNC)CCCNC1. The van der Waals surface area contributed by atoms with Crippen LogP contribution in [0.2, 0.25) is 0 Å². The van der Waals surface area contributed by atoms with Crippen LogP contribution in [-0.2, 0) is 0 Å². The van der Waals surface area contributed by atoms with Crippen molar-refractivity contribution in [3.05, 3.63) is 0 Å². The zero-order chi connectivity index (χ0) is 8.86. The van der Waals surface area contributed by atoms with Gasteiger partial charge in [-0.2, -0.15) is 0 Å². The molecule has 0 spiro atoms. The van der Waals surface area contributed by atoms with Crippen molar-refractivity contribution in [3.8, 4) is 0 Å². The summed E-state index contributed by atoms with van der Waals surface area (Å²) in [6, 6.07) is 0. The molecule has 72 valence electrons. The predicted molar refractivity (Wildman–Crippen MR) is 53.4 cm³/mol. The van der Waals surface area contributed by atoms with Crippen LogP contribution in [0.25, 0.3) is 0 Å². The number of hydrogen-bond acceptors (Lipinski definition) is 2. The third-order valence-corrected chi connectivity index (χ3v) is 3.22. The number of hydrogen-bond donors (Lipinski definition) is 2. The molecule has 0 aromatic heterocycles. The summed E-state index contributed by atoms with van der Waals surface area (Å²) in [5.74, 6) is 0. The Bertz CT molecular complexity index is 117. The molecule has 1 saturated heterocycles. The van der Waals surface area contributed by atoms with Gasteiger partial charge in [-0.15, -0.1) is 0 Å². The molecule has 0 aliphatic carbocycles. The van der Waals surface area contributed by atoms with Crippen molar-refractivity contribution in [2.24, 2.45) is 5.41 Å². The van der Waals surface area contributed by atoms with Crippen LogP contribution in [0.5, 0.6) is 0 Å². The first-order chi connectivity index (χ1) is 5.83. The molecule has 0 aromatic carbocycles. The quantitative estimate of drug-likeness (QED) is 0.666. The van der Waals surface area contributed by atoms with Gasteiger partial charge in [-0.1, -0.05) is 6.92 Å². The lowest BCUT2D eigenvalue weighted by Crippen LogP contribution is -2.41. The third-order valence-electron chi connectivity index (χ3n) is 3.22. The highest BCUT2D eigenvalue weighted by Gasteiger charge is 2.28. The Balaban J connectivity index is 2.37. The van der Waals surface area contributed by atoms with E-state index in [9.17, 15) is 0 Å². The van der Waals surface area contributed by atoms with Crippen LogP contribution in [0.4, 0.5) is 0 Å². The van der Waals surface area contributed by atoms with E-state index in [2.05, 4.69) is 17.6 Å². The molecular weight excluding hydrogens is 148 g/mol. The molecule has 1 unspecified atom stereocenters. The molecule has 1 aliphatic rings. The van der Waals surface area contributed by atoms with Crippen molar-refractivity contribution in [1.29, 1.82) is 0 Å². The predicted octanol–water partition coefficient (Wildman–Crippen LogP) is 1.38. The normalized spacial score (nSPS) is 30.5. The van der Waals surface area contributed by atoms with E-state index in [1.54, 1.807) is 0 Å². The Morgan fingerprint density at radius 1 is 1.50 bits per heavy atom. The second-order valence-corrected chi connectivity index (χ2v) is 3.99. The largest absolute Gasteiger partial charge is 0.320 e. The Morgan fingerprint density at radius 3 is 2.83 bits per heavy atom. The summed E-state index contributed by atoms with van der Waals surface area (Å²) in [6.45, 7) is 5.94. The van der Waals surface area contributed by atoms with E-state index in [-0.39, 0.29) is 0 Å². The molecule has 12 heavy (non-hydrogen) atoms. The van der Waals surface area contributed by atoms with Gasteiger partial charge < -0.3 is 10.6 Å². The molecule has 2 N–H and O–H groups in total. The van der Waals surface area contributed by atoms with Crippen molar-refractivity contribution < 1.29 is 0 Å². The first-order valence-corrected chi connectivity index (χ1v) is 5.18. The summed E-state index contributed by atoms with van der Waals surface area (Å²) >= 11 is 0. The molecule has 2 heteroatoms. The summed E-state index contributed by atoms with van der Waals surface area (Å²) < 4.78 is 0. The van der Waals surface area contributed by atoms with E-state index in [4.69, 9.17) is 0 Å².